The molecule has 6 heteroatoms. The van der Waals surface area contributed by atoms with E-state index in [0.717, 1.165) is 11.0 Å². The third-order valence-corrected chi connectivity index (χ3v) is 4.83. The summed E-state index contributed by atoms with van der Waals surface area (Å²) in [6.45, 7) is 9.70. The minimum atomic E-state index is -0.538. The van der Waals surface area contributed by atoms with Crippen molar-refractivity contribution in [2.45, 2.75) is 45.8 Å². The van der Waals surface area contributed by atoms with Crippen LogP contribution in [0.4, 0.5) is 10.1 Å². The Balaban J connectivity index is 2.36. The molecule has 120 valence electrons. The third-order valence-electron chi connectivity index (χ3n) is 4.46. The maximum atomic E-state index is 14.1. The number of benzene rings is 1. The molecule has 0 bridgehead atoms. The first-order chi connectivity index (χ1) is 10.1. The topological polar surface area (TPSA) is 44.5 Å². The van der Waals surface area contributed by atoms with E-state index in [4.69, 9.17) is 15.0 Å². The predicted octanol–water partition coefficient (Wildman–Crippen LogP) is 3.66. The van der Waals surface area contributed by atoms with Crippen LogP contribution in [0.25, 0.3) is 6.08 Å². The van der Waals surface area contributed by atoms with Gasteiger partial charge in [-0.15, -0.1) is 0 Å². The molecule has 2 N–H and O–H groups in total. The number of nitrogen functional groups attached to an aromatic ring is 1. The van der Waals surface area contributed by atoms with Crippen molar-refractivity contribution >= 4 is 31.5 Å². The number of hydrogen-bond donors (Lipinski definition) is 2. The molecule has 1 aliphatic heterocycles. The van der Waals surface area contributed by atoms with Crippen molar-refractivity contribution in [1.82, 2.24) is 0 Å². The minimum Gasteiger partial charge on any atom is -0.400 e. The first-order valence-electron chi connectivity index (χ1n) is 7.30. The van der Waals surface area contributed by atoms with Gasteiger partial charge in [0.15, 0.2) is 0 Å². The van der Waals surface area contributed by atoms with Gasteiger partial charge in [-0.1, -0.05) is 6.08 Å². The van der Waals surface area contributed by atoms with Crippen LogP contribution in [-0.4, -0.2) is 24.1 Å². The maximum Gasteiger partial charge on any atom is 0.491 e. The van der Waals surface area contributed by atoms with Gasteiger partial charge in [-0.2, -0.15) is 12.6 Å². The summed E-state index contributed by atoms with van der Waals surface area (Å²) in [4.78, 5) is 0. The van der Waals surface area contributed by atoms with Crippen molar-refractivity contribution in [3.05, 3.63) is 34.5 Å². The van der Waals surface area contributed by atoms with Crippen LogP contribution in [0.5, 0.6) is 0 Å². The number of nitrogens with two attached hydrogens (primary N) is 1. The Kier molecular flexibility index (Phi) is 4.67. The second kappa shape index (κ2) is 5.91. The van der Waals surface area contributed by atoms with Gasteiger partial charge in [0.1, 0.15) is 5.82 Å². The summed E-state index contributed by atoms with van der Waals surface area (Å²) in [7, 11) is -0.538. The Morgan fingerprint density at radius 3 is 2.32 bits per heavy atom. The summed E-state index contributed by atoms with van der Waals surface area (Å²) in [5.41, 5.74) is 7.45. The van der Waals surface area contributed by atoms with Crippen molar-refractivity contribution in [3.63, 3.8) is 0 Å². The van der Waals surface area contributed by atoms with Gasteiger partial charge in [0, 0.05) is 17.0 Å². The molecule has 0 atom stereocenters. The molecule has 1 heterocycles. The standard InChI is InChI=1S/C16H23BFNO2S/c1-10-6-13(18)11(8-14(10)19)7-12(9-22)17-20-15(2,3)16(4,5)21-17/h6-8,22H,9,19H2,1-5H3. The van der Waals surface area contributed by atoms with Crippen LogP contribution in [0.15, 0.2) is 17.6 Å². The molecule has 0 spiro atoms. The molecule has 0 amide bonds. The average molecular weight is 323 g/mol. The monoisotopic (exact) mass is 323 g/mol. The highest BCUT2D eigenvalue weighted by molar-refractivity contribution is 7.80. The highest BCUT2D eigenvalue weighted by atomic mass is 32.1. The van der Waals surface area contributed by atoms with Crippen molar-refractivity contribution in [2.24, 2.45) is 0 Å². The summed E-state index contributed by atoms with van der Waals surface area (Å²) in [6.07, 6.45) is 1.71. The number of halogens is 1. The number of aryl methyl sites for hydroxylation is 1. The molecule has 0 radical (unpaired) electrons. The quantitative estimate of drug-likeness (QED) is 0.507. The van der Waals surface area contributed by atoms with Crippen LogP contribution in [0, 0.1) is 12.7 Å². The average Bonchev–Trinajstić information content (AvgIpc) is 2.61. The van der Waals surface area contributed by atoms with Gasteiger partial charge in [-0.3, -0.25) is 0 Å². The van der Waals surface area contributed by atoms with Gasteiger partial charge in [-0.05, 0) is 57.8 Å². The van der Waals surface area contributed by atoms with Crippen molar-refractivity contribution < 1.29 is 13.7 Å². The van der Waals surface area contributed by atoms with Crippen LogP contribution in [0.2, 0.25) is 0 Å². The van der Waals surface area contributed by atoms with Gasteiger partial charge >= 0.3 is 7.12 Å². The van der Waals surface area contributed by atoms with Gasteiger partial charge < -0.3 is 15.0 Å². The van der Waals surface area contributed by atoms with Crippen molar-refractivity contribution in [2.75, 3.05) is 11.5 Å². The van der Waals surface area contributed by atoms with E-state index in [-0.39, 0.29) is 5.82 Å². The summed E-state index contributed by atoms with van der Waals surface area (Å²) >= 11 is 4.33. The fourth-order valence-electron chi connectivity index (χ4n) is 2.20. The molecule has 22 heavy (non-hydrogen) atoms. The van der Waals surface area contributed by atoms with E-state index < -0.39 is 18.3 Å². The summed E-state index contributed by atoms with van der Waals surface area (Å²) < 4.78 is 26.1. The van der Waals surface area contributed by atoms with E-state index in [1.807, 2.05) is 27.7 Å². The van der Waals surface area contributed by atoms with Crippen molar-refractivity contribution in [1.29, 1.82) is 0 Å². The molecule has 1 saturated heterocycles. The van der Waals surface area contributed by atoms with E-state index in [1.165, 1.54) is 6.07 Å². The second-order valence-corrected chi connectivity index (χ2v) is 7.01. The first-order valence-corrected chi connectivity index (χ1v) is 7.93. The van der Waals surface area contributed by atoms with Crippen LogP contribution in [0.3, 0.4) is 0 Å². The van der Waals surface area contributed by atoms with Crippen LogP contribution < -0.4 is 5.73 Å². The van der Waals surface area contributed by atoms with Crippen LogP contribution in [-0.2, 0) is 9.31 Å². The lowest BCUT2D eigenvalue weighted by Crippen LogP contribution is -2.41. The number of rotatable bonds is 3. The molecule has 0 unspecified atom stereocenters. The largest absolute Gasteiger partial charge is 0.491 e. The molecule has 3 nitrogen and oxygen atoms in total. The lowest BCUT2D eigenvalue weighted by Gasteiger charge is -2.32. The molecule has 0 aliphatic carbocycles. The molecule has 0 aromatic heterocycles. The lowest BCUT2D eigenvalue weighted by molar-refractivity contribution is 0.00578. The van der Waals surface area contributed by atoms with Gasteiger partial charge in [0.2, 0.25) is 0 Å². The zero-order valence-corrected chi connectivity index (χ0v) is 14.6. The van der Waals surface area contributed by atoms with E-state index >= 15 is 0 Å². The van der Waals surface area contributed by atoms with Gasteiger partial charge in [-0.25, -0.2) is 4.39 Å². The van der Waals surface area contributed by atoms with Crippen LogP contribution >= 0.6 is 12.6 Å². The molecule has 1 fully saturated rings. The van der Waals surface area contributed by atoms with E-state index in [2.05, 4.69) is 12.6 Å². The van der Waals surface area contributed by atoms with Gasteiger partial charge in [0.25, 0.3) is 0 Å². The van der Waals surface area contributed by atoms with Gasteiger partial charge in [0.05, 0.1) is 11.2 Å². The Hall–Kier alpha value is -0.975. The summed E-state index contributed by atoms with van der Waals surface area (Å²) in [6, 6.07) is 3.06. The first kappa shape index (κ1) is 17.4. The smallest absolute Gasteiger partial charge is 0.400 e. The van der Waals surface area contributed by atoms with Crippen LogP contribution in [0.1, 0.15) is 38.8 Å². The summed E-state index contributed by atoms with van der Waals surface area (Å²) in [5, 5.41) is 0. The minimum absolute atomic E-state index is 0.317. The van der Waals surface area contributed by atoms with E-state index in [1.54, 1.807) is 19.1 Å². The SMILES string of the molecule is Cc1cc(F)c(C=C(CS)B2OC(C)(C)C(C)(C)O2)cc1N. The zero-order valence-electron chi connectivity index (χ0n) is 13.7. The van der Waals surface area contributed by atoms with E-state index in [9.17, 15) is 4.39 Å². The molecular formula is C16H23BFNO2S. The lowest BCUT2D eigenvalue weighted by atomic mass is 9.78. The predicted molar refractivity (Wildman–Crippen MR) is 93.5 cm³/mol. The molecule has 0 saturated carbocycles. The Morgan fingerprint density at radius 2 is 1.82 bits per heavy atom. The fraction of sp³-hybridized carbons (Fsp3) is 0.500. The molecule has 1 aromatic rings. The Bertz CT molecular complexity index is 600. The maximum absolute atomic E-state index is 14.1. The number of hydrogen-bond acceptors (Lipinski definition) is 4. The highest BCUT2D eigenvalue weighted by Gasteiger charge is 2.52. The number of thiol groups is 1. The number of anilines is 1. The van der Waals surface area contributed by atoms with E-state index in [0.29, 0.717) is 17.0 Å². The summed E-state index contributed by atoms with van der Waals surface area (Å²) in [5.74, 6) is 0.0897. The molecule has 1 aromatic carbocycles. The highest BCUT2D eigenvalue weighted by Crippen LogP contribution is 2.39. The second-order valence-electron chi connectivity index (χ2n) is 6.70. The molecule has 2 rings (SSSR count). The fourth-order valence-corrected chi connectivity index (χ4v) is 2.44. The Labute approximate surface area is 137 Å². The zero-order chi connectivity index (χ0) is 16.7. The normalized spacial score (nSPS) is 20.5. The molecule has 1 aliphatic rings. The Morgan fingerprint density at radius 1 is 1.27 bits per heavy atom. The third kappa shape index (κ3) is 3.19. The molecular weight excluding hydrogens is 300 g/mol. The van der Waals surface area contributed by atoms with Crippen molar-refractivity contribution in [3.8, 4) is 0 Å².